The van der Waals surface area contributed by atoms with E-state index >= 15 is 0 Å². The van der Waals surface area contributed by atoms with Crippen molar-refractivity contribution in [2.75, 3.05) is 32.8 Å². The molecule has 0 spiro atoms. The van der Waals surface area contributed by atoms with Crippen molar-refractivity contribution in [3.05, 3.63) is 12.2 Å². The van der Waals surface area contributed by atoms with Gasteiger partial charge in [0.2, 0.25) is 5.91 Å². The largest absolute Gasteiger partial charge is 0.378 e. The fourth-order valence-electron chi connectivity index (χ4n) is 2.76. The van der Waals surface area contributed by atoms with Gasteiger partial charge in [0.1, 0.15) is 0 Å². The Labute approximate surface area is 116 Å². The van der Waals surface area contributed by atoms with Crippen molar-refractivity contribution < 1.29 is 9.53 Å². The van der Waals surface area contributed by atoms with Crippen molar-refractivity contribution in [1.82, 2.24) is 10.2 Å². The first-order valence-corrected chi connectivity index (χ1v) is 7.56. The minimum atomic E-state index is -0.0241. The summed E-state index contributed by atoms with van der Waals surface area (Å²) in [5, 5.41) is 3.47. The summed E-state index contributed by atoms with van der Waals surface area (Å²) in [5.74, 6) is 0.939. The standard InChI is InChI=1S/C15H26N2O2/c1-2-14(15(18)17-8-10-19-11-9-17)16-12-13-6-4-3-5-7-13/h3-4,13-14,16H,2,5-12H2,1H3/t13-,14-/m1/s1. The molecule has 19 heavy (non-hydrogen) atoms. The SMILES string of the molecule is CC[C@@H](NC[C@@H]1CC=CCC1)C(=O)N1CCOCC1. The molecule has 2 atom stereocenters. The molecule has 0 saturated carbocycles. The number of hydrogen-bond acceptors (Lipinski definition) is 3. The van der Waals surface area contributed by atoms with Crippen LogP contribution in [0.1, 0.15) is 32.6 Å². The second-order valence-electron chi connectivity index (χ2n) is 5.46. The highest BCUT2D eigenvalue weighted by Gasteiger charge is 2.24. The highest BCUT2D eigenvalue weighted by molar-refractivity contribution is 5.81. The molecule has 1 saturated heterocycles. The van der Waals surface area contributed by atoms with Gasteiger partial charge in [-0.3, -0.25) is 4.79 Å². The number of carbonyl (C=O) groups is 1. The Morgan fingerprint density at radius 2 is 2.21 bits per heavy atom. The molecule has 0 bridgehead atoms. The molecule has 2 rings (SSSR count). The summed E-state index contributed by atoms with van der Waals surface area (Å²) in [4.78, 5) is 14.3. The quantitative estimate of drug-likeness (QED) is 0.768. The summed E-state index contributed by atoms with van der Waals surface area (Å²) in [6, 6.07) is -0.0241. The van der Waals surface area contributed by atoms with Crippen LogP contribution in [0.5, 0.6) is 0 Å². The van der Waals surface area contributed by atoms with E-state index in [0.29, 0.717) is 19.1 Å². The van der Waals surface area contributed by atoms with Gasteiger partial charge >= 0.3 is 0 Å². The van der Waals surface area contributed by atoms with Crippen molar-refractivity contribution in [3.63, 3.8) is 0 Å². The van der Waals surface area contributed by atoms with Crippen LogP contribution in [0.2, 0.25) is 0 Å². The Morgan fingerprint density at radius 1 is 1.42 bits per heavy atom. The van der Waals surface area contributed by atoms with Gasteiger partial charge in [0.15, 0.2) is 0 Å². The maximum absolute atomic E-state index is 12.4. The van der Waals surface area contributed by atoms with E-state index in [2.05, 4.69) is 24.4 Å². The Bertz CT molecular complexity index is 311. The van der Waals surface area contributed by atoms with Gasteiger partial charge in [0, 0.05) is 13.1 Å². The lowest BCUT2D eigenvalue weighted by molar-refractivity contribution is -0.137. The summed E-state index contributed by atoms with van der Waals surface area (Å²) in [5.41, 5.74) is 0. The van der Waals surface area contributed by atoms with E-state index in [4.69, 9.17) is 4.74 Å². The molecule has 0 radical (unpaired) electrons. The average molecular weight is 266 g/mol. The molecule has 4 heteroatoms. The van der Waals surface area contributed by atoms with E-state index in [1.165, 1.54) is 12.8 Å². The molecule has 0 aromatic carbocycles. The second-order valence-corrected chi connectivity index (χ2v) is 5.46. The lowest BCUT2D eigenvalue weighted by atomic mass is 9.94. The van der Waals surface area contributed by atoms with Gasteiger partial charge < -0.3 is 15.0 Å². The summed E-state index contributed by atoms with van der Waals surface area (Å²) in [6.45, 7) is 5.87. The lowest BCUT2D eigenvalue weighted by Crippen LogP contribution is -2.51. The molecule has 2 aliphatic rings. The Kier molecular flexibility index (Phi) is 5.86. The van der Waals surface area contributed by atoms with Crippen molar-refractivity contribution in [3.8, 4) is 0 Å². The molecule has 4 nitrogen and oxygen atoms in total. The van der Waals surface area contributed by atoms with E-state index in [9.17, 15) is 4.79 Å². The molecule has 1 aliphatic carbocycles. The first-order chi connectivity index (χ1) is 9.31. The summed E-state index contributed by atoms with van der Waals surface area (Å²) < 4.78 is 5.30. The summed E-state index contributed by atoms with van der Waals surface area (Å²) in [7, 11) is 0. The maximum atomic E-state index is 12.4. The monoisotopic (exact) mass is 266 g/mol. The van der Waals surface area contributed by atoms with Gasteiger partial charge in [-0.25, -0.2) is 0 Å². The molecule has 1 N–H and O–H groups in total. The first kappa shape index (κ1) is 14.5. The van der Waals surface area contributed by atoms with E-state index in [-0.39, 0.29) is 11.9 Å². The molecular weight excluding hydrogens is 240 g/mol. The maximum Gasteiger partial charge on any atom is 0.239 e. The fourth-order valence-corrected chi connectivity index (χ4v) is 2.76. The highest BCUT2D eigenvalue weighted by Crippen LogP contribution is 2.17. The molecule has 0 unspecified atom stereocenters. The molecule has 0 aromatic rings. The van der Waals surface area contributed by atoms with E-state index in [0.717, 1.165) is 32.5 Å². The Balaban J connectivity index is 1.77. The van der Waals surface area contributed by atoms with Crippen LogP contribution in [0.25, 0.3) is 0 Å². The van der Waals surface area contributed by atoms with Crippen molar-refractivity contribution in [2.24, 2.45) is 5.92 Å². The smallest absolute Gasteiger partial charge is 0.239 e. The minimum absolute atomic E-state index is 0.0241. The first-order valence-electron chi connectivity index (χ1n) is 7.56. The zero-order chi connectivity index (χ0) is 13.5. The third-order valence-electron chi connectivity index (χ3n) is 4.06. The van der Waals surface area contributed by atoms with Crippen molar-refractivity contribution in [1.29, 1.82) is 0 Å². The predicted octanol–water partition coefficient (Wildman–Crippen LogP) is 1.57. The van der Waals surface area contributed by atoms with Gasteiger partial charge in [-0.2, -0.15) is 0 Å². The van der Waals surface area contributed by atoms with Crippen LogP contribution in [-0.4, -0.2) is 49.7 Å². The van der Waals surface area contributed by atoms with Crippen LogP contribution in [0.4, 0.5) is 0 Å². The van der Waals surface area contributed by atoms with Gasteiger partial charge in [0.05, 0.1) is 19.3 Å². The molecule has 108 valence electrons. The lowest BCUT2D eigenvalue weighted by Gasteiger charge is -2.31. The van der Waals surface area contributed by atoms with E-state index in [1.54, 1.807) is 0 Å². The summed E-state index contributed by atoms with van der Waals surface area (Å²) in [6.07, 6.45) is 8.95. The van der Waals surface area contributed by atoms with Crippen LogP contribution >= 0.6 is 0 Å². The third-order valence-corrected chi connectivity index (χ3v) is 4.06. The number of hydrogen-bond donors (Lipinski definition) is 1. The molecule has 1 aliphatic heterocycles. The number of morpholine rings is 1. The number of allylic oxidation sites excluding steroid dienone is 2. The van der Waals surface area contributed by atoms with Crippen LogP contribution in [0.3, 0.4) is 0 Å². The van der Waals surface area contributed by atoms with Gasteiger partial charge in [0.25, 0.3) is 0 Å². The molecule has 1 amide bonds. The number of rotatable bonds is 5. The Morgan fingerprint density at radius 3 is 2.84 bits per heavy atom. The van der Waals surface area contributed by atoms with E-state index < -0.39 is 0 Å². The zero-order valence-electron chi connectivity index (χ0n) is 11.9. The predicted molar refractivity (Wildman–Crippen MR) is 76.0 cm³/mol. The number of carbonyl (C=O) groups excluding carboxylic acids is 1. The van der Waals surface area contributed by atoms with Gasteiger partial charge in [-0.15, -0.1) is 0 Å². The van der Waals surface area contributed by atoms with Crippen LogP contribution in [-0.2, 0) is 9.53 Å². The number of ether oxygens (including phenoxy) is 1. The molecule has 1 heterocycles. The topological polar surface area (TPSA) is 41.6 Å². The van der Waals surface area contributed by atoms with Crippen molar-refractivity contribution in [2.45, 2.75) is 38.6 Å². The van der Waals surface area contributed by atoms with Crippen LogP contribution in [0, 0.1) is 5.92 Å². The van der Waals surface area contributed by atoms with Crippen LogP contribution in [0.15, 0.2) is 12.2 Å². The summed E-state index contributed by atoms with van der Waals surface area (Å²) >= 11 is 0. The van der Waals surface area contributed by atoms with Gasteiger partial charge in [-0.1, -0.05) is 19.1 Å². The second kappa shape index (κ2) is 7.65. The fraction of sp³-hybridized carbons (Fsp3) is 0.800. The third kappa shape index (κ3) is 4.32. The zero-order valence-corrected chi connectivity index (χ0v) is 11.9. The van der Waals surface area contributed by atoms with Crippen molar-refractivity contribution >= 4 is 5.91 Å². The Hall–Kier alpha value is -0.870. The van der Waals surface area contributed by atoms with Gasteiger partial charge in [-0.05, 0) is 38.1 Å². The number of nitrogens with zero attached hydrogens (tertiary/aromatic N) is 1. The van der Waals surface area contributed by atoms with Crippen LogP contribution < -0.4 is 5.32 Å². The highest BCUT2D eigenvalue weighted by atomic mass is 16.5. The number of nitrogens with one attached hydrogen (secondary N) is 1. The molecule has 1 fully saturated rings. The molecule has 0 aromatic heterocycles. The minimum Gasteiger partial charge on any atom is -0.378 e. The molecular formula is C15H26N2O2. The number of amides is 1. The van der Waals surface area contributed by atoms with E-state index in [1.807, 2.05) is 4.90 Å². The average Bonchev–Trinajstić information content (AvgIpc) is 2.49. The normalized spacial score (nSPS) is 25.3.